The van der Waals surface area contributed by atoms with Gasteiger partial charge in [0.15, 0.2) is 6.54 Å². The number of amides is 1. The summed E-state index contributed by atoms with van der Waals surface area (Å²) in [5.41, 5.74) is 3.71. The average molecular weight is 330 g/mol. The van der Waals surface area contributed by atoms with Crippen LogP contribution in [0.15, 0.2) is 48.5 Å². The Kier molecular flexibility index (Phi) is 4.99. The van der Waals surface area contributed by atoms with Crippen LogP contribution in [0.4, 0.5) is 0 Å². The molecule has 2 N–H and O–H groups in total. The standard InChI is InChI=1S/C19H21ClN2O/c1-14(17-8-4-5-9-18(17)20)21-12-19(23)22-11-10-15-6-2-3-7-16(15)13-22/h2-9,14,21H,10-13H2,1H3/p+1/t14-/m0/s1. The highest BCUT2D eigenvalue weighted by atomic mass is 35.5. The first kappa shape index (κ1) is 16.0. The zero-order chi connectivity index (χ0) is 16.2. The molecule has 120 valence electrons. The zero-order valence-corrected chi connectivity index (χ0v) is 14.1. The maximum Gasteiger partial charge on any atom is 0.278 e. The summed E-state index contributed by atoms with van der Waals surface area (Å²) in [6.07, 6.45) is 0.946. The molecule has 0 saturated heterocycles. The SMILES string of the molecule is C[C@H]([NH2+]CC(=O)N1CCc2ccccc2C1)c1ccccc1Cl. The lowest BCUT2D eigenvalue weighted by molar-refractivity contribution is -0.683. The molecule has 4 heteroatoms. The van der Waals surface area contributed by atoms with Gasteiger partial charge in [-0.1, -0.05) is 54.1 Å². The van der Waals surface area contributed by atoms with Crippen molar-refractivity contribution >= 4 is 17.5 Å². The first-order valence-corrected chi connectivity index (χ1v) is 8.45. The minimum absolute atomic E-state index is 0.171. The van der Waals surface area contributed by atoms with Gasteiger partial charge in [-0.25, -0.2) is 0 Å². The monoisotopic (exact) mass is 329 g/mol. The van der Waals surface area contributed by atoms with Gasteiger partial charge in [0.05, 0.1) is 0 Å². The molecule has 0 bridgehead atoms. The minimum Gasteiger partial charge on any atom is -0.333 e. The molecule has 0 spiro atoms. The number of halogens is 1. The Labute approximate surface area is 142 Å². The van der Waals surface area contributed by atoms with E-state index >= 15 is 0 Å². The van der Waals surface area contributed by atoms with Crippen LogP contribution in [-0.2, 0) is 17.8 Å². The van der Waals surface area contributed by atoms with Crippen LogP contribution in [0.3, 0.4) is 0 Å². The van der Waals surface area contributed by atoms with Crippen molar-refractivity contribution in [1.29, 1.82) is 0 Å². The lowest BCUT2D eigenvalue weighted by Crippen LogP contribution is -2.87. The summed E-state index contributed by atoms with van der Waals surface area (Å²) in [5.74, 6) is 0.193. The summed E-state index contributed by atoms with van der Waals surface area (Å²) in [4.78, 5) is 14.4. The molecule has 0 fully saturated rings. The molecule has 2 aromatic rings. The third-order valence-electron chi connectivity index (χ3n) is 4.53. The van der Waals surface area contributed by atoms with Crippen molar-refractivity contribution < 1.29 is 10.1 Å². The second-order valence-corrected chi connectivity index (χ2v) is 6.49. The Hall–Kier alpha value is -1.84. The van der Waals surface area contributed by atoms with Gasteiger partial charge in [-0.05, 0) is 30.5 Å². The molecule has 1 atom stereocenters. The van der Waals surface area contributed by atoms with E-state index in [1.54, 1.807) is 0 Å². The largest absolute Gasteiger partial charge is 0.333 e. The highest BCUT2D eigenvalue weighted by Crippen LogP contribution is 2.20. The Morgan fingerprint density at radius 1 is 1.17 bits per heavy atom. The van der Waals surface area contributed by atoms with Gasteiger partial charge in [0, 0.05) is 23.7 Å². The molecule has 1 aliphatic heterocycles. The molecule has 1 amide bonds. The lowest BCUT2D eigenvalue weighted by atomic mass is 10.00. The molecule has 0 aromatic heterocycles. The Morgan fingerprint density at radius 2 is 1.87 bits per heavy atom. The second kappa shape index (κ2) is 7.16. The van der Waals surface area contributed by atoms with E-state index in [-0.39, 0.29) is 11.9 Å². The van der Waals surface area contributed by atoms with Crippen molar-refractivity contribution in [2.24, 2.45) is 0 Å². The number of rotatable bonds is 4. The topological polar surface area (TPSA) is 36.9 Å². The summed E-state index contributed by atoms with van der Waals surface area (Å²) < 4.78 is 0. The maximum absolute atomic E-state index is 12.5. The number of hydrogen-bond donors (Lipinski definition) is 1. The number of fused-ring (bicyclic) bond motifs is 1. The molecule has 1 heterocycles. The molecular weight excluding hydrogens is 308 g/mol. The van der Waals surface area contributed by atoms with Gasteiger partial charge in [-0.15, -0.1) is 0 Å². The van der Waals surface area contributed by atoms with Crippen LogP contribution in [0.25, 0.3) is 0 Å². The quantitative estimate of drug-likeness (QED) is 0.919. The van der Waals surface area contributed by atoms with E-state index in [2.05, 4.69) is 30.4 Å². The summed E-state index contributed by atoms with van der Waals surface area (Å²) >= 11 is 6.22. The first-order valence-electron chi connectivity index (χ1n) is 8.07. The minimum atomic E-state index is 0.171. The van der Waals surface area contributed by atoms with Crippen molar-refractivity contribution in [3.8, 4) is 0 Å². The third kappa shape index (κ3) is 3.74. The van der Waals surface area contributed by atoms with E-state index in [4.69, 9.17) is 11.6 Å². The van der Waals surface area contributed by atoms with E-state index in [9.17, 15) is 4.79 Å². The number of carbonyl (C=O) groups is 1. The smallest absolute Gasteiger partial charge is 0.278 e. The van der Waals surface area contributed by atoms with Gasteiger partial charge in [-0.2, -0.15) is 0 Å². The predicted octanol–water partition coefficient (Wildman–Crippen LogP) is 2.55. The molecular formula is C19H22ClN2O+. The maximum atomic E-state index is 12.5. The van der Waals surface area contributed by atoms with Crippen LogP contribution in [0, 0.1) is 0 Å². The van der Waals surface area contributed by atoms with Gasteiger partial charge in [-0.3, -0.25) is 4.79 Å². The molecule has 0 radical (unpaired) electrons. The van der Waals surface area contributed by atoms with E-state index < -0.39 is 0 Å². The summed E-state index contributed by atoms with van der Waals surface area (Å²) in [6, 6.07) is 16.4. The van der Waals surface area contributed by atoms with Crippen LogP contribution >= 0.6 is 11.6 Å². The van der Waals surface area contributed by atoms with Crippen molar-refractivity contribution in [3.63, 3.8) is 0 Å². The summed E-state index contributed by atoms with van der Waals surface area (Å²) in [5, 5.41) is 2.82. The van der Waals surface area contributed by atoms with Crippen molar-refractivity contribution in [1.82, 2.24) is 4.90 Å². The van der Waals surface area contributed by atoms with Crippen LogP contribution in [0.5, 0.6) is 0 Å². The Bertz CT molecular complexity index is 701. The van der Waals surface area contributed by atoms with Gasteiger partial charge >= 0.3 is 0 Å². The van der Waals surface area contributed by atoms with Crippen LogP contribution in [0.2, 0.25) is 5.02 Å². The Balaban J connectivity index is 1.57. The normalized spacial score (nSPS) is 15.1. The number of hydrogen-bond acceptors (Lipinski definition) is 1. The molecule has 0 aliphatic carbocycles. The van der Waals surface area contributed by atoms with E-state index in [1.165, 1.54) is 11.1 Å². The number of nitrogens with two attached hydrogens (primary N) is 1. The van der Waals surface area contributed by atoms with Crippen LogP contribution in [-0.4, -0.2) is 23.9 Å². The summed E-state index contributed by atoms with van der Waals surface area (Å²) in [7, 11) is 0. The fraction of sp³-hybridized carbons (Fsp3) is 0.316. The number of quaternary nitrogens is 1. The van der Waals surface area contributed by atoms with E-state index in [0.29, 0.717) is 6.54 Å². The fourth-order valence-electron chi connectivity index (χ4n) is 3.09. The molecule has 2 aromatic carbocycles. The highest BCUT2D eigenvalue weighted by Gasteiger charge is 2.22. The number of nitrogens with zero attached hydrogens (tertiary/aromatic N) is 1. The van der Waals surface area contributed by atoms with E-state index in [0.717, 1.165) is 30.1 Å². The molecule has 0 saturated carbocycles. The second-order valence-electron chi connectivity index (χ2n) is 6.08. The molecule has 23 heavy (non-hydrogen) atoms. The lowest BCUT2D eigenvalue weighted by Gasteiger charge is -2.28. The van der Waals surface area contributed by atoms with Gasteiger partial charge in [0.1, 0.15) is 6.04 Å². The predicted molar refractivity (Wildman–Crippen MR) is 92.2 cm³/mol. The molecule has 3 rings (SSSR count). The molecule has 1 aliphatic rings. The number of carbonyl (C=O) groups excluding carboxylic acids is 1. The fourth-order valence-corrected chi connectivity index (χ4v) is 3.39. The highest BCUT2D eigenvalue weighted by molar-refractivity contribution is 6.31. The first-order chi connectivity index (χ1) is 11.1. The van der Waals surface area contributed by atoms with Gasteiger partial charge < -0.3 is 10.2 Å². The van der Waals surface area contributed by atoms with E-state index in [1.807, 2.05) is 35.2 Å². The number of benzene rings is 2. The molecule has 0 unspecified atom stereocenters. The van der Waals surface area contributed by atoms with Crippen molar-refractivity contribution in [3.05, 3.63) is 70.2 Å². The average Bonchev–Trinajstić information content (AvgIpc) is 2.59. The molecule has 3 nitrogen and oxygen atoms in total. The van der Waals surface area contributed by atoms with Crippen molar-refractivity contribution in [2.45, 2.75) is 25.9 Å². The Morgan fingerprint density at radius 3 is 2.65 bits per heavy atom. The van der Waals surface area contributed by atoms with Gasteiger partial charge in [0.2, 0.25) is 0 Å². The van der Waals surface area contributed by atoms with Crippen molar-refractivity contribution in [2.75, 3.05) is 13.1 Å². The van der Waals surface area contributed by atoms with Crippen LogP contribution in [0.1, 0.15) is 29.7 Å². The zero-order valence-electron chi connectivity index (χ0n) is 13.3. The third-order valence-corrected chi connectivity index (χ3v) is 4.87. The summed E-state index contributed by atoms with van der Waals surface area (Å²) in [6.45, 7) is 4.07. The van der Waals surface area contributed by atoms with Gasteiger partial charge in [0.25, 0.3) is 5.91 Å². The van der Waals surface area contributed by atoms with Crippen LogP contribution < -0.4 is 5.32 Å².